The number of carbonyl (C=O) groups is 1. The Bertz CT molecular complexity index is 210. The number of nitrogens with one attached hydrogen (secondary N) is 1. The van der Waals surface area contributed by atoms with Crippen LogP contribution in [0.25, 0.3) is 0 Å². The summed E-state index contributed by atoms with van der Waals surface area (Å²) in [4.78, 5) is 12.1. The Morgan fingerprint density at radius 1 is 1.50 bits per heavy atom. The van der Waals surface area contributed by atoms with Crippen LogP contribution in [0.3, 0.4) is 0 Å². The van der Waals surface area contributed by atoms with E-state index >= 15 is 0 Å². The number of amides is 1. The molecule has 1 atom stereocenters. The van der Waals surface area contributed by atoms with Gasteiger partial charge >= 0.3 is 6.09 Å². The Morgan fingerprint density at radius 2 is 2.21 bits per heavy atom. The molecule has 82 valence electrons. The molecule has 1 rings (SSSR count). The third-order valence-corrected chi connectivity index (χ3v) is 2.69. The second-order valence-corrected chi connectivity index (χ2v) is 3.88. The van der Waals surface area contributed by atoms with Crippen molar-refractivity contribution in [1.82, 2.24) is 10.2 Å². The Balaban J connectivity index is 2.51. The summed E-state index contributed by atoms with van der Waals surface area (Å²) in [5, 5.41) is 21.8. The van der Waals surface area contributed by atoms with Crippen molar-refractivity contribution in [1.29, 1.82) is 0 Å². The number of likely N-dealkylation sites (N-methyl/N-ethyl adjacent to an activating group) is 1. The molecule has 0 saturated carbocycles. The van der Waals surface area contributed by atoms with Crippen molar-refractivity contribution < 1.29 is 15.0 Å². The summed E-state index contributed by atoms with van der Waals surface area (Å²) in [6.45, 7) is 1.48. The topological polar surface area (TPSA) is 72.8 Å². The van der Waals surface area contributed by atoms with E-state index < -0.39 is 11.7 Å². The molecule has 0 aliphatic carbocycles. The molecule has 1 aliphatic heterocycles. The van der Waals surface area contributed by atoms with Crippen LogP contribution >= 0.6 is 0 Å². The predicted octanol–water partition coefficient (Wildman–Crippen LogP) is 0.101. The lowest BCUT2D eigenvalue weighted by atomic mass is 9.95. The number of aliphatic hydroxyl groups is 1. The maximum absolute atomic E-state index is 10.7. The zero-order valence-electron chi connectivity index (χ0n) is 8.49. The summed E-state index contributed by atoms with van der Waals surface area (Å²) in [6, 6.07) is 0. The van der Waals surface area contributed by atoms with Crippen LogP contribution in [0.4, 0.5) is 4.79 Å². The maximum atomic E-state index is 10.7. The third-order valence-electron chi connectivity index (χ3n) is 2.69. The molecule has 3 N–H and O–H groups in total. The van der Waals surface area contributed by atoms with Crippen LogP contribution in [-0.4, -0.2) is 53.5 Å². The van der Waals surface area contributed by atoms with Crippen LogP contribution in [-0.2, 0) is 0 Å². The number of rotatable bonds is 2. The fourth-order valence-electron chi connectivity index (χ4n) is 1.88. The molecule has 1 amide bonds. The van der Waals surface area contributed by atoms with Crippen LogP contribution in [0.2, 0.25) is 0 Å². The van der Waals surface area contributed by atoms with Gasteiger partial charge < -0.3 is 20.4 Å². The second-order valence-electron chi connectivity index (χ2n) is 3.88. The zero-order valence-corrected chi connectivity index (χ0v) is 8.49. The second kappa shape index (κ2) is 4.61. The molecule has 1 unspecified atom stereocenters. The summed E-state index contributed by atoms with van der Waals surface area (Å²) >= 11 is 0. The summed E-state index contributed by atoms with van der Waals surface area (Å²) in [7, 11) is 1.79. The highest BCUT2D eigenvalue weighted by atomic mass is 16.4. The van der Waals surface area contributed by atoms with E-state index in [1.165, 1.54) is 4.90 Å². The van der Waals surface area contributed by atoms with Gasteiger partial charge in [0.1, 0.15) is 0 Å². The van der Waals surface area contributed by atoms with E-state index in [1.54, 1.807) is 7.05 Å². The van der Waals surface area contributed by atoms with Gasteiger partial charge in [-0.05, 0) is 26.3 Å². The standard InChI is InChI=1S/C9H18N2O3/c1-10-7-9(14)3-2-5-11(6-4-9)8(12)13/h10,14H,2-7H2,1H3,(H,12,13). The fraction of sp³-hybridized carbons (Fsp3) is 0.889. The summed E-state index contributed by atoms with van der Waals surface area (Å²) < 4.78 is 0. The van der Waals surface area contributed by atoms with E-state index in [0.717, 1.165) is 6.42 Å². The van der Waals surface area contributed by atoms with E-state index in [4.69, 9.17) is 5.11 Å². The predicted molar refractivity (Wildman–Crippen MR) is 52.3 cm³/mol. The first-order chi connectivity index (χ1) is 6.57. The van der Waals surface area contributed by atoms with Gasteiger partial charge in [0.05, 0.1) is 5.60 Å². The van der Waals surface area contributed by atoms with Crippen LogP contribution in [0, 0.1) is 0 Å². The summed E-state index contributed by atoms with van der Waals surface area (Å²) in [5.74, 6) is 0. The summed E-state index contributed by atoms with van der Waals surface area (Å²) in [5.41, 5.74) is -0.737. The molecule has 0 bridgehead atoms. The van der Waals surface area contributed by atoms with Crippen molar-refractivity contribution >= 4 is 6.09 Å². The first-order valence-corrected chi connectivity index (χ1v) is 4.92. The average molecular weight is 202 g/mol. The molecular weight excluding hydrogens is 184 g/mol. The number of nitrogens with zero attached hydrogens (tertiary/aromatic N) is 1. The van der Waals surface area contributed by atoms with Crippen LogP contribution in [0.15, 0.2) is 0 Å². The molecule has 1 fully saturated rings. The minimum atomic E-state index is -0.890. The maximum Gasteiger partial charge on any atom is 0.407 e. The van der Waals surface area contributed by atoms with Gasteiger partial charge in [-0.1, -0.05) is 0 Å². The lowest BCUT2D eigenvalue weighted by Gasteiger charge is -2.26. The Kier molecular flexibility index (Phi) is 3.71. The van der Waals surface area contributed by atoms with Gasteiger partial charge in [-0.2, -0.15) is 0 Å². The molecule has 0 aromatic carbocycles. The van der Waals surface area contributed by atoms with Gasteiger partial charge in [-0.3, -0.25) is 0 Å². The highest BCUT2D eigenvalue weighted by molar-refractivity contribution is 5.64. The van der Waals surface area contributed by atoms with E-state index in [2.05, 4.69) is 5.32 Å². The minimum absolute atomic E-state index is 0.424. The molecule has 0 spiro atoms. The van der Waals surface area contributed by atoms with Crippen molar-refractivity contribution in [2.24, 2.45) is 0 Å². The first kappa shape index (κ1) is 11.3. The normalized spacial score (nSPS) is 28.6. The fourth-order valence-corrected chi connectivity index (χ4v) is 1.88. The molecule has 14 heavy (non-hydrogen) atoms. The molecule has 1 saturated heterocycles. The third kappa shape index (κ3) is 2.85. The Labute approximate surface area is 83.7 Å². The molecular formula is C9H18N2O3. The van der Waals surface area contributed by atoms with Crippen molar-refractivity contribution in [3.63, 3.8) is 0 Å². The largest absolute Gasteiger partial charge is 0.465 e. The molecule has 0 aromatic heterocycles. The van der Waals surface area contributed by atoms with Crippen molar-refractivity contribution in [2.45, 2.75) is 24.9 Å². The van der Waals surface area contributed by atoms with Crippen LogP contribution < -0.4 is 5.32 Å². The SMILES string of the molecule is CNCC1(O)CCCN(C(=O)O)CC1. The van der Waals surface area contributed by atoms with Gasteiger partial charge in [0.15, 0.2) is 0 Å². The van der Waals surface area contributed by atoms with E-state index in [0.29, 0.717) is 32.5 Å². The Morgan fingerprint density at radius 3 is 2.79 bits per heavy atom. The zero-order chi connectivity index (χ0) is 10.6. The van der Waals surface area contributed by atoms with Gasteiger partial charge in [-0.15, -0.1) is 0 Å². The van der Waals surface area contributed by atoms with Crippen LogP contribution in [0.5, 0.6) is 0 Å². The molecule has 5 nitrogen and oxygen atoms in total. The molecule has 0 aromatic rings. The van der Waals surface area contributed by atoms with Crippen molar-refractivity contribution in [2.75, 3.05) is 26.7 Å². The lowest BCUT2D eigenvalue weighted by molar-refractivity contribution is 0.0279. The van der Waals surface area contributed by atoms with E-state index in [9.17, 15) is 9.90 Å². The average Bonchev–Trinajstić information content (AvgIpc) is 2.28. The highest BCUT2D eigenvalue weighted by Crippen LogP contribution is 2.21. The highest BCUT2D eigenvalue weighted by Gasteiger charge is 2.30. The molecule has 5 heteroatoms. The number of likely N-dealkylation sites (tertiary alicyclic amines) is 1. The quantitative estimate of drug-likeness (QED) is 0.594. The van der Waals surface area contributed by atoms with E-state index in [-0.39, 0.29) is 0 Å². The number of hydrogen-bond acceptors (Lipinski definition) is 3. The van der Waals surface area contributed by atoms with Gasteiger partial charge in [0.2, 0.25) is 0 Å². The number of carboxylic acid groups (broad SMARTS) is 1. The number of hydrogen-bond donors (Lipinski definition) is 3. The minimum Gasteiger partial charge on any atom is -0.465 e. The van der Waals surface area contributed by atoms with Gasteiger partial charge in [0, 0.05) is 19.6 Å². The first-order valence-electron chi connectivity index (χ1n) is 4.92. The molecule has 0 radical (unpaired) electrons. The smallest absolute Gasteiger partial charge is 0.407 e. The Hall–Kier alpha value is -0.810. The van der Waals surface area contributed by atoms with Crippen LogP contribution in [0.1, 0.15) is 19.3 Å². The van der Waals surface area contributed by atoms with Crippen molar-refractivity contribution in [3.05, 3.63) is 0 Å². The van der Waals surface area contributed by atoms with E-state index in [1.807, 2.05) is 0 Å². The van der Waals surface area contributed by atoms with Crippen molar-refractivity contribution in [3.8, 4) is 0 Å². The summed E-state index contributed by atoms with van der Waals surface area (Å²) in [6.07, 6.45) is 1.01. The van der Waals surface area contributed by atoms with Gasteiger partial charge in [-0.25, -0.2) is 4.79 Å². The monoisotopic (exact) mass is 202 g/mol. The molecule has 1 aliphatic rings. The van der Waals surface area contributed by atoms with Gasteiger partial charge in [0.25, 0.3) is 0 Å². The molecule has 1 heterocycles. The lowest BCUT2D eigenvalue weighted by Crippen LogP contribution is -2.40.